The first-order chi connectivity index (χ1) is 14.6. The van der Waals surface area contributed by atoms with Crippen LogP contribution in [0.2, 0.25) is 0 Å². The molecule has 0 unspecified atom stereocenters. The smallest absolute Gasteiger partial charge is 0.225 e. The third-order valence-corrected chi connectivity index (χ3v) is 5.31. The van der Waals surface area contributed by atoms with Gasteiger partial charge in [-0.1, -0.05) is 12.1 Å². The highest BCUT2D eigenvalue weighted by atomic mass is 32.2. The second-order valence-electron chi connectivity index (χ2n) is 6.24. The van der Waals surface area contributed by atoms with Crippen molar-refractivity contribution >= 4 is 23.4 Å². The molecule has 1 amide bonds. The number of nitriles is 1. The fourth-order valence-corrected chi connectivity index (χ4v) is 3.67. The molecule has 0 radical (unpaired) electrons. The molecule has 1 N–H and O–H groups in total. The molecular formula is C23H21N3O3S. The number of nitrogens with zero attached hydrogens (tertiary/aromatic N) is 2. The van der Waals surface area contributed by atoms with E-state index in [1.807, 2.05) is 42.5 Å². The molecule has 0 saturated heterocycles. The zero-order valence-corrected chi connectivity index (χ0v) is 17.5. The molecule has 1 heterocycles. The lowest BCUT2D eigenvalue weighted by Crippen LogP contribution is -2.13. The van der Waals surface area contributed by atoms with E-state index < -0.39 is 0 Å². The highest BCUT2D eigenvalue weighted by Gasteiger charge is 2.11. The Morgan fingerprint density at radius 3 is 2.53 bits per heavy atom. The SMILES string of the molecule is COc1ccc(-c2ccc(C#N)c(SCCC(=O)Nc3ccccc3OC)n2)cc1. The van der Waals surface area contributed by atoms with E-state index in [1.165, 1.54) is 11.8 Å². The summed E-state index contributed by atoms with van der Waals surface area (Å²) in [5.41, 5.74) is 2.81. The maximum atomic E-state index is 12.3. The molecule has 0 bridgehead atoms. The van der Waals surface area contributed by atoms with Crippen molar-refractivity contribution in [1.82, 2.24) is 4.98 Å². The number of amides is 1. The van der Waals surface area contributed by atoms with Gasteiger partial charge in [-0.25, -0.2) is 4.98 Å². The number of pyridine rings is 1. The molecule has 0 aliphatic rings. The number of ether oxygens (including phenoxy) is 2. The van der Waals surface area contributed by atoms with Gasteiger partial charge in [0, 0.05) is 17.7 Å². The molecule has 0 atom stereocenters. The second-order valence-corrected chi connectivity index (χ2v) is 7.32. The predicted molar refractivity (Wildman–Crippen MR) is 118 cm³/mol. The molecule has 30 heavy (non-hydrogen) atoms. The number of hydrogen-bond acceptors (Lipinski definition) is 6. The number of methoxy groups -OCH3 is 2. The topological polar surface area (TPSA) is 84.2 Å². The molecule has 3 aromatic rings. The van der Waals surface area contributed by atoms with E-state index in [-0.39, 0.29) is 12.3 Å². The molecule has 3 rings (SSSR count). The van der Waals surface area contributed by atoms with Crippen LogP contribution in [-0.4, -0.2) is 30.9 Å². The van der Waals surface area contributed by atoms with Crippen LogP contribution < -0.4 is 14.8 Å². The van der Waals surface area contributed by atoms with Crippen LogP contribution in [0, 0.1) is 11.3 Å². The number of anilines is 1. The van der Waals surface area contributed by atoms with Crippen LogP contribution >= 0.6 is 11.8 Å². The summed E-state index contributed by atoms with van der Waals surface area (Å²) in [6.45, 7) is 0. The van der Waals surface area contributed by atoms with E-state index in [1.54, 1.807) is 32.4 Å². The Balaban J connectivity index is 1.65. The highest BCUT2D eigenvalue weighted by molar-refractivity contribution is 7.99. The van der Waals surface area contributed by atoms with Gasteiger partial charge < -0.3 is 14.8 Å². The zero-order valence-electron chi connectivity index (χ0n) is 16.7. The normalized spacial score (nSPS) is 10.2. The lowest BCUT2D eigenvalue weighted by Gasteiger charge is -2.10. The van der Waals surface area contributed by atoms with Gasteiger partial charge in [-0.15, -0.1) is 11.8 Å². The average Bonchev–Trinajstić information content (AvgIpc) is 2.79. The minimum atomic E-state index is -0.128. The minimum Gasteiger partial charge on any atom is -0.497 e. The average molecular weight is 420 g/mol. The first kappa shape index (κ1) is 21.2. The van der Waals surface area contributed by atoms with Gasteiger partial charge in [0.2, 0.25) is 5.91 Å². The molecule has 1 aromatic heterocycles. The van der Waals surface area contributed by atoms with Crippen LogP contribution in [0.1, 0.15) is 12.0 Å². The number of carbonyl (C=O) groups is 1. The molecule has 0 saturated carbocycles. The van der Waals surface area contributed by atoms with Crippen LogP contribution in [0.25, 0.3) is 11.3 Å². The van der Waals surface area contributed by atoms with Crippen molar-refractivity contribution in [1.29, 1.82) is 5.26 Å². The van der Waals surface area contributed by atoms with Gasteiger partial charge in [-0.3, -0.25) is 4.79 Å². The summed E-state index contributed by atoms with van der Waals surface area (Å²) in [7, 11) is 3.18. The molecular weight excluding hydrogens is 398 g/mol. The number of para-hydroxylation sites is 2. The Morgan fingerprint density at radius 1 is 1.07 bits per heavy atom. The standard InChI is InChI=1S/C23H21N3O3S/c1-28-18-10-7-16(8-11-18)19-12-9-17(15-24)23(26-19)30-14-13-22(27)25-20-5-3-4-6-21(20)29-2/h3-12H,13-14H2,1-2H3,(H,25,27). The van der Waals surface area contributed by atoms with Crippen molar-refractivity contribution in [3.8, 4) is 28.8 Å². The Hall–Kier alpha value is -3.50. The van der Waals surface area contributed by atoms with E-state index in [0.29, 0.717) is 27.8 Å². The van der Waals surface area contributed by atoms with Crippen molar-refractivity contribution in [3.05, 3.63) is 66.2 Å². The van der Waals surface area contributed by atoms with Crippen LogP contribution in [-0.2, 0) is 4.79 Å². The van der Waals surface area contributed by atoms with E-state index >= 15 is 0 Å². The Morgan fingerprint density at radius 2 is 1.83 bits per heavy atom. The number of rotatable bonds is 8. The largest absolute Gasteiger partial charge is 0.497 e. The van der Waals surface area contributed by atoms with Gasteiger partial charge in [0.25, 0.3) is 0 Å². The Kier molecular flexibility index (Phi) is 7.30. The van der Waals surface area contributed by atoms with Crippen LogP contribution in [0.3, 0.4) is 0 Å². The summed E-state index contributed by atoms with van der Waals surface area (Å²) in [5, 5.41) is 12.9. The molecule has 0 fully saturated rings. The zero-order chi connectivity index (χ0) is 21.3. The van der Waals surface area contributed by atoms with Crippen molar-refractivity contribution in [2.45, 2.75) is 11.4 Å². The third kappa shape index (κ3) is 5.31. The second kappa shape index (κ2) is 10.3. The quantitative estimate of drug-likeness (QED) is 0.530. The molecule has 7 heteroatoms. The monoisotopic (exact) mass is 419 g/mol. The fraction of sp³-hybridized carbons (Fsp3) is 0.174. The van der Waals surface area contributed by atoms with Gasteiger partial charge in [0.15, 0.2) is 0 Å². The molecule has 0 spiro atoms. The van der Waals surface area contributed by atoms with E-state index in [9.17, 15) is 10.1 Å². The van der Waals surface area contributed by atoms with E-state index in [2.05, 4.69) is 16.4 Å². The van der Waals surface area contributed by atoms with Gasteiger partial charge in [-0.2, -0.15) is 5.26 Å². The maximum absolute atomic E-state index is 12.3. The summed E-state index contributed by atoms with van der Waals surface area (Å²) < 4.78 is 10.4. The van der Waals surface area contributed by atoms with Crippen LogP contribution in [0.5, 0.6) is 11.5 Å². The van der Waals surface area contributed by atoms with E-state index in [0.717, 1.165) is 17.0 Å². The number of nitrogens with one attached hydrogen (secondary N) is 1. The van der Waals surface area contributed by atoms with E-state index in [4.69, 9.17) is 9.47 Å². The molecule has 0 aliphatic carbocycles. The molecule has 6 nitrogen and oxygen atoms in total. The lowest BCUT2D eigenvalue weighted by atomic mass is 10.1. The van der Waals surface area contributed by atoms with Crippen molar-refractivity contribution in [2.75, 3.05) is 25.3 Å². The van der Waals surface area contributed by atoms with Gasteiger partial charge in [0.05, 0.1) is 31.2 Å². The summed E-state index contributed by atoms with van der Waals surface area (Å²) in [4.78, 5) is 16.9. The van der Waals surface area contributed by atoms with Crippen molar-refractivity contribution < 1.29 is 14.3 Å². The number of aromatic nitrogens is 1. The number of thioether (sulfide) groups is 1. The predicted octanol–water partition coefficient (Wildman–Crippen LogP) is 4.76. The number of carbonyl (C=O) groups excluding carboxylic acids is 1. The Labute approximate surface area is 179 Å². The summed E-state index contributed by atoms with van der Waals surface area (Å²) in [6.07, 6.45) is 0.280. The molecule has 152 valence electrons. The summed E-state index contributed by atoms with van der Waals surface area (Å²) >= 11 is 1.39. The Bertz CT molecular complexity index is 1060. The third-order valence-electron chi connectivity index (χ3n) is 4.32. The first-order valence-electron chi connectivity index (χ1n) is 9.26. The number of hydrogen-bond donors (Lipinski definition) is 1. The van der Waals surface area contributed by atoms with Gasteiger partial charge >= 0.3 is 0 Å². The van der Waals surface area contributed by atoms with Gasteiger partial charge in [-0.05, 0) is 48.5 Å². The lowest BCUT2D eigenvalue weighted by molar-refractivity contribution is -0.115. The molecule has 2 aromatic carbocycles. The highest BCUT2D eigenvalue weighted by Crippen LogP contribution is 2.27. The van der Waals surface area contributed by atoms with Crippen LogP contribution in [0.4, 0.5) is 5.69 Å². The first-order valence-corrected chi connectivity index (χ1v) is 10.2. The maximum Gasteiger partial charge on any atom is 0.225 e. The fourth-order valence-electron chi connectivity index (χ4n) is 2.76. The van der Waals surface area contributed by atoms with Crippen molar-refractivity contribution in [3.63, 3.8) is 0 Å². The summed E-state index contributed by atoms with van der Waals surface area (Å²) in [5.74, 6) is 1.74. The van der Waals surface area contributed by atoms with Crippen LogP contribution in [0.15, 0.2) is 65.7 Å². The molecule has 0 aliphatic heterocycles. The van der Waals surface area contributed by atoms with Gasteiger partial charge in [0.1, 0.15) is 22.6 Å². The summed E-state index contributed by atoms with van der Waals surface area (Å²) in [6, 6.07) is 20.6. The van der Waals surface area contributed by atoms with Crippen molar-refractivity contribution in [2.24, 2.45) is 0 Å². The minimum absolute atomic E-state index is 0.128. The number of benzene rings is 2.